The first-order valence-corrected chi connectivity index (χ1v) is 7.12. The maximum absolute atomic E-state index is 11.5. The molecule has 0 aliphatic carbocycles. The van der Waals surface area contributed by atoms with Crippen LogP contribution in [0.5, 0.6) is 11.8 Å². The molecule has 2 aromatic rings. The lowest BCUT2D eigenvalue weighted by molar-refractivity contribution is 0.0519. The van der Waals surface area contributed by atoms with E-state index in [1.807, 2.05) is 24.3 Å². The Labute approximate surface area is 123 Å². The van der Waals surface area contributed by atoms with E-state index in [0.717, 1.165) is 6.42 Å². The zero-order valence-electron chi connectivity index (χ0n) is 12.3. The van der Waals surface area contributed by atoms with Gasteiger partial charge in [-0.3, -0.25) is 0 Å². The minimum absolute atomic E-state index is 0.0272. The van der Waals surface area contributed by atoms with Crippen molar-refractivity contribution in [1.29, 1.82) is 0 Å². The fourth-order valence-electron chi connectivity index (χ4n) is 1.81. The van der Waals surface area contributed by atoms with Gasteiger partial charge in [0, 0.05) is 0 Å². The van der Waals surface area contributed by atoms with Crippen molar-refractivity contribution in [3.8, 4) is 11.8 Å². The van der Waals surface area contributed by atoms with Gasteiger partial charge in [-0.05, 0) is 37.5 Å². The lowest BCUT2D eigenvalue weighted by Gasteiger charge is -2.03. The van der Waals surface area contributed by atoms with Crippen molar-refractivity contribution < 1.29 is 18.7 Å². The van der Waals surface area contributed by atoms with Crippen LogP contribution in [0.4, 0.5) is 0 Å². The molecular formula is C16H19NO4. The van der Waals surface area contributed by atoms with Crippen LogP contribution in [-0.4, -0.2) is 17.6 Å². The van der Waals surface area contributed by atoms with Crippen molar-refractivity contribution in [2.75, 3.05) is 6.61 Å². The lowest BCUT2D eigenvalue weighted by Crippen LogP contribution is -2.04. The van der Waals surface area contributed by atoms with Crippen LogP contribution < -0.4 is 4.74 Å². The molecule has 0 atom stereocenters. The van der Waals surface area contributed by atoms with Gasteiger partial charge in [0.15, 0.2) is 5.69 Å². The number of hydrogen-bond donors (Lipinski definition) is 0. The summed E-state index contributed by atoms with van der Waals surface area (Å²) in [5.41, 5.74) is 1.37. The van der Waals surface area contributed by atoms with E-state index < -0.39 is 5.97 Å². The number of nitrogens with zero attached hydrogens (tertiary/aromatic N) is 1. The number of ether oxygens (including phenoxy) is 2. The first-order valence-electron chi connectivity index (χ1n) is 7.12. The molecule has 0 aliphatic rings. The first kappa shape index (κ1) is 15.1. The summed E-state index contributed by atoms with van der Waals surface area (Å²) >= 11 is 0. The highest BCUT2D eigenvalue weighted by molar-refractivity contribution is 5.86. The van der Waals surface area contributed by atoms with E-state index in [4.69, 9.17) is 13.9 Å². The first-order chi connectivity index (χ1) is 10.2. The molecular weight excluding hydrogens is 270 g/mol. The quantitative estimate of drug-likeness (QED) is 0.721. The Morgan fingerprint density at radius 1 is 1.24 bits per heavy atom. The molecule has 1 aromatic heterocycles. The van der Waals surface area contributed by atoms with E-state index in [2.05, 4.69) is 11.9 Å². The zero-order valence-corrected chi connectivity index (χ0v) is 12.3. The third-order valence-corrected chi connectivity index (χ3v) is 2.92. The molecule has 0 saturated carbocycles. The maximum atomic E-state index is 11.5. The molecule has 0 spiro atoms. The second-order valence-electron chi connectivity index (χ2n) is 4.57. The molecule has 0 N–H and O–H groups in total. The van der Waals surface area contributed by atoms with Crippen molar-refractivity contribution in [1.82, 2.24) is 4.98 Å². The minimum atomic E-state index is -0.522. The molecule has 0 bridgehead atoms. The smallest absolute Gasteiger partial charge is 0.399 e. The van der Waals surface area contributed by atoms with Crippen molar-refractivity contribution >= 4 is 5.97 Å². The van der Waals surface area contributed by atoms with Gasteiger partial charge in [-0.2, -0.15) is 4.98 Å². The average molecular weight is 289 g/mol. The SMILES string of the molecule is CCCCc1ccc(Oc2nc(C(=O)OCC)co2)cc1. The van der Waals surface area contributed by atoms with Crippen LogP contribution in [-0.2, 0) is 11.2 Å². The fourth-order valence-corrected chi connectivity index (χ4v) is 1.81. The molecule has 1 aromatic carbocycles. The van der Waals surface area contributed by atoms with Crippen LogP contribution in [0, 0.1) is 0 Å². The van der Waals surface area contributed by atoms with Crippen LogP contribution in [0.2, 0.25) is 0 Å². The van der Waals surface area contributed by atoms with Crippen LogP contribution in [0.15, 0.2) is 34.9 Å². The van der Waals surface area contributed by atoms with Gasteiger partial charge in [-0.1, -0.05) is 25.5 Å². The molecule has 0 unspecified atom stereocenters. The van der Waals surface area contributed by atoms with Gasteiger partial charge in [0.25, 0.3) is 0 Å². The van der Waals surface area contributed by atoms with Crippen molar-refractivity contribution in [2.45, 2.75) is 33.1 Å². The number of oxazole rings is 1. The summed E-state index contributed by atoms with van der Waals surface area (Å²) in [5.74, 6) is 0.0959. The van der Waals surface area contributed by atoms with E-state index >= 15 is 0 Å². The van der Waals surface area contributed by atoms with Gasteiger partial charge >= 0.3 is 12.0 Å². The molecule has 0 saturated heterocycles. The number of rotatable bonds is 7. The number of carbonyl (C=O) groups excluding carboxylic acids is 1. The number of aryl methyl sites for hydroxylation is 1. The second kappa shape index (κ2) is 7.47. The van der Waals surface area contributed by atoms with Gasteiger partial charge < -0.3 is 13.9 Å². The number of carbonyl (C=O) groups is 1. The Hall–Kier alpha value is -2.30. The molecule has 5 heteroatoms. The van der Waals surface area contributed by atoms with Crippen LogP contribution >= 0.6 is 0 Å². The summed E-state index contributed by atoms with van der Waals surface area (Å²) in [4.78, 5) is 15.4. The lowest BCUT2D eigenvalue weighted by atomic mass is 10.1. The molecule has 1 heterocycles. The van der Waals surface area contributed by atoms with Gasteiger partial charge in [-0.15, -0.1) is 0 Å². The second-order valence-corrected chi connectivity index (χ2v) is 4.57. The minimum Gasteiger partial charge on any atom is -0.461 e. The van der Waals surface area contributed by atoms with Crippen molar-refractivity contribution in [3.05, 3.63) is 41.8 Å². The summed E-state index contributed by atoms with van der Waals surface area (Å²) in [5, 5.41) is 0. The van der Waals surface area contributed by atoms with E-state index in [1.165, 1.54) is 24.7 Å². The predicted molar refractivity (Wildman–Crippen MR) is 77.6 cm³/mol. The summed E-state index contributed by atoms with van der Waals surface area (Å²) in [6.45, 7) is 4.19. The zero-order chi connectivity index (χ0) is 15.1. The number of benzene rings is 1. The topological polar surface area (TPSA) is 61.6 Å². The Kier molecular flexibility index (Phi) is 5.37. The molecule has 0 radical (unpaired) electrons. The highest BCUT2D eigenvalue weighted by Crippen LogP contribution is 2.21. The van der Waals surface area contributed by atoms with E-state index in [1.54, 1.807) is 6.92 Å². The van der Waals surface area contributed by atoms with E-state index in [-0.39, 0.29) is 11.8 Å². The Morgan fingerprint density at radius 3 is 2.67 bits per heavy atom. The third-order valence-electron chi connectivity index (χ3n) is 2.92. The third kappa shape index (κ3) is 4.34. The summed E-state index contributed by atoms with van der Waals surface area (Å²) in [7, 11) is 0. The summed E-state index contributed by atoms with van der Waals surface area (Å²) < 4.78 is 15.4. The summed E-state index contributed by atoms with van der Waals surface area (Å²) in [6.07, 6.45) is 4.65. The van der Waals surface area contributed by atoms with Crippen molar-refractivity contribution in [2.24, 2.45) is 0 Å². The highest BCUT2D eigenvalue weighted by atomic mass is 16.6. The van der Waals surface area contributed by atoms with Gasteiger partial charge in [0.05, 0.1) is 6.61 Å². The van der Waals surface area contributed by atoms with E-state index in [0.29, 0.717) is 12.4 Å². The Morgan fingerprint density at radius 2 is 2.00 bits per heavy atom. The molecule has 2 rings (SSSR count). The molecule has 112 valence electrons. The molecule has 0 aliphatic heterocycles. The fraction of sp³-hybridized carbons (Fsp3) is 0.375. The number of esters is 1. The molecule has 0 amide bonds. The normalized spacial score (nSPS) is 10.4. The average Bonchev–Trinajstić information content (AvgIpc) is 2.95. The standard InChI is InChI=1S/C16H19NO4/c1-3-5-6-12-7-9-13(10-8-12)21-16-17-14(11-20-16)15(18)19-4-2/h7-11H,3-6H2,1-2H3. The van der Waals surface area contributed by atoms with Crippen molar-refractivity contribution in [3.63, 3.8) is 0 Å². The highest BCUT2D eigenvalue weighted by Gasteiger charge is 2.14. The monoisotopic (exact) mass is 289 g/mol. The number of aromatic nitrogens is 1. The largest absolute Gasteiger partial charge is 0.461 e. The maximum Gasteiger partial charge on any atom is 0.399 e. The van der Waals surface area contributed by atoms with Crippen LogP contribution in [0.1, 0.15) is 42.7 Å². The number of hydrogen-bond acceptors (Lipinski definition) is 5. The Balaban J connectivity index is 1.96. The van der Waals surface area contributed by atoms with Crippen LogP contribution in [0.3, 0.4) is 0 Å². The molecule has 0 fully saturated rings. The number of unbranched alkanes of at least 4 members (excludes halogenated alkanes) is 1. The van der Waals surface area contributed by atoms with E-state index in [9.17, 15) is 4.79 Å². The molecule has 5 nitrogen and oxygen atoms in total. The van der Waals surface area contributed by atoms with Gasteiger partial charge in [0.2, 0.25) is 0 Å². The summed E-state index contributed by atoms with van der Waals surface area (Å²) in [6, 6.07) is 7.75. The van der Waals surface area contributed by atoms with Gasteiger partial charge in [-0.25, -0.2) is 4.79 Å². The Bertz CT molecular complexity index is 574. The van der Waals surface area contributed by atoms with Gasteiger partial charge in [0.1, 0.15) is 12.0 Å². The molecule has 21 heavy (non-hydrogen) atoms. The van der Waals surface area contributed by atoms with Crippen LogP contribution in [0.25, 0.3) is 0 Å². The predicted octanol–water partition coefficient (Wildman–Crippen LogP) is 3.99.